The Morgan fingerprint density at radius 1 is 1.00 bits per heavy atom. The second-order valence-electron chi connectivity index (χ2n) is 7.28. The SMILES string of the molecule is CCCN(C(=O)[C@](C)(SC)c1ccc(Oc2ccccc2)cc1)C(C)(C)OC. The summed E-state index contributed by atoms with van der Waals surface area (Å²) in [5.74, 6) is 1.58. The van der Waals surface area contributed by atoms with Gasteiger partial charge in [0.2, 0.25) is 5.91 Å². The van der Waals surface area contributed by atoms with E-state index in [2.05, 4.69) is 6.92 Å². The monoisotopic (exact) mass is 401 g/mol. The molecule has 0 aliphatic carbocycles. The van der Waals surface area contributed by atoms with Gasteiger partial charge in [0.25, 0.3) is 0 Å². The fourth-order valence-corrected chi connectivity index (χ4v) is 3.66. The van der Waals surface area contributed by atoms with Crippen LogP contribution in [-0.2, 0) is 14.3 Å². The second kappa shape index (κ2) is 9.48. The zero-order chi connectivity index (χ0) is 20.8. The second-order valence-corrected chi connectivity index (χ2v) is 8.51. The fraction of sp³-hybridized carbons (Fsp3) is 0.435. The quantitative estimate of drug-likeness (QED) is 0.507. The Bertz CT molecular complexity index is 761. The lowest BCUT2D eigenvalue weighted by atomic mass is 9.97. The summed E-state index contributed by atoms with van der Waals surface area (Å²) in [6.07, 6.45) is 2.84. The number of thioether (sulfide) groups is 1. The average Bonchev–Trinajstić information content (AvgIpc) is 2.72. The number of carbonyl (C=O) groups excluding carboxylic acids is 1. The Morgan fingerprint density at radius 3 is 2.07 bits per heavy atom. The third kappa shape index (κ3) is 4.89. The van der Waals surface area contributed by atoms with Gasteiger partial charge in [0.05, 0.1) is 0 Å². The summed E-state index contributed by atoms with van der Waals surface area (Å²) in [6.45, 7) is 8.54. The van der Waals surface area contributed by atoms with E-state index in [1.54, 1.807) is 7.11 Å². The van der Waals surface area contributed by atoms with Crippen molar-refractivity contribution in [2.75, 3.05) is 19.9 Å². The van der Waals surface area contributed by atoms with Crippen molar-refractivity contribution in [2.45, 2.75) is 44.6 Å². The van der Waals surface area contributed by atoms with Gasteiger partial charge in [0, 0.05) is 13.7 Å². The molecule has 0 saturated heterocycles. The number of hydrogen-bond donors (Lipinski definition) is 0. The van der Waals surface area contributed by atoms with Crippen molar-refractivity contribution in [1.29, 1.82) is 0 Å². The topological polar surface area (TPSA) is 38.8 Å². The van der Waals surface area contributed by atoms with Crippen molar-refractivity contribution >= 4 is 17.7 Å². The number of methoxy groups -OCH3 is 1. The van der Waals surface area contributed by atoms with Gasteiger partial charge >= 0.3 is 0 Å². The minimum Gasteiger partial charge on any atom is -0.457 e. The van der Waals surface area contributed by atoms with Crippen molar-refractivity contribution in [3.8, 4) is 11.5 Å². The molecule has 0 saturated carbocycles. The number of nitrogens with zero attached hydrogens (tertiary/aromatic N) is 1. The molecule has 0 unspecified atom stereocenters. The van der Waals surface area contributed by atoms with E-state index in [1.807, 2.05) is 86.5 Å². The largest absolute Gasteiger partial charge is 0.457 e. The van der Waals surface area contributed by atoms with E-state index in [9.17, 15) is 4.79 Å². The van der Waals surface area contributed by atoms with Crippen molar-refractivity contribution in [2.24, 2.45) is 0 Å². The molecular formula is C23H31NO3S. The molecule has 28 heavy (non-hydrogen) atoms. The summed E-state index contributed by atoms with van der Waals surface area (Å²) >= 11 is 1.54. The summed E-state index contributed by atoms with van der Waals surface area (Å²) in [4.78, 5) is 15.4. The molecule has 0 aromatic heterocycles. The third-order valence-corrected chi connectivity index (χ3v) is 6.27. The molecule has 0 aliphatic heterocycles. The molecule has 1 atom stereocenters. The Hall–Kier alpha value is -1.98. The molecule has 0 aliphatic rings. The first-order chi connectivity index (χ1) is 13.3. The normalized spacial score (nSPS) is 13.6. The van der Waals surface area contributed by atoms with Crippen LogP contribution < -0.4 is 4.74 Å². The van der Waals surface area contributed by atoms with Gasteiger partial charge in [-0.25, -0.2) is 0 Å². The summed E-state index contributed by atoms with van der Waals surface area (Å²) < 4.78 is 10.8. The molecule has 0 spiro atoms. The van der Waals surface area contributed by atoms with Crippen molar-refractivity contribution in [3.05, 3.63) is 60.2 Å². The van der Waals surface area contributed by atoms with Crippen LogP contribution in [0.5, 0.6) is 11.5 Å². The van der Waals surface area contributed by atoms with Crippen LogP contribution in [0.4, 0.5) is 0 Å². The molecule has 2 aromatic carbocycles. The predicted octanol–water partition coefficient (Wildman–Crippen LogP) is 5.68. The Kier molecular flexibility index (Phi) is 7.55. The van der Waals surface area contributed by atoms with Crippen LogP contribution in [0, 0.1) is 0 Å². The average molecular weight is 402 g/mol. The van der Waals surface area contributed by atoms with E-state index in [0.717, 1.165) is 23.5 Å². The van der Waals surface area contributed by atoms with Crippen LogP contribution in [0.25, 0.3) is 0 Å². The third-order valence-electron chi connectivity index (χ3n) is 5.04. The van der Waals surface area contributed by atoms with E-state index >= 15 is 0 Å². The first kappa shape index (κ1) is 22.3. The van der Waals surface area contributed by atoms with E-state index in [4.69, 9.17) is 9.47 Å². The van der Waals surface area contributed by atoms with Gasteiger partial charge in [0.15, 0.2) is 0 Å². The van der Waals surface area contributed by atoms with Crippen LogP contribution in [0.3, 0.4) is 0 Å². The Labute approximate surface area is 173 Å². The molecule has 5 heteroatoms. The number of benzene rings is 2. The van der Waals surface area contributed by atoms with Crippen molar-refractivity contribution < 1.29 is 14.3 Å². The molecule has 0 fully saturated rings. The highest BCUT2D eigenvalue weighted by atomic mass is 32.2. The van der Waals surface area contributed by atoms with Crippen LogP contribution in [-0.4, -0.2) is 36.4 Å². The van der Waals surface area contributed by atoms with Gasteiger partial charge in [-0.15, -0.1) is 11.8 Å². The summed E-state index contributed by atoms with van der Waals surface area (Å²) in [7, 11) is 1.64. The molecular weight excluding hydrogens is 370 g/mol. The van der Waals surface area contributed by atoms with Crippen molar-refractivity contribution in [1.82, 2.24) is 4.90 Å². The van der Waals surface area contributed by atoms with E-state index in [0.29, 0.717) is 6.54 Å². The van der Waals surface area contributed by atoms with E-state index in [-0.39, 0.29) is 5.91 Å². The maximum Gasteiger partial charge on any atom is 0.245 e. The molecule has 0 N–H and O–H groups in total. The van der Waals surface area contributed by atoms with Crippen molar-refractivity contribution in [3.63, 3.8) is 0 Å². The number of hydrogen-bond acceptors (Lipinski definition) is 4. The first-order valence-corrected chi connectivity index (χ1v) is 10.8. The zero-order valence-electron chi connectivity index (χ0n) is 17.7. The van der Waals surface area contributed by atoms with Crippen LogP contribution >= 0.6 is 11.8 Å². The molecule has 4 nitrogen and oxygen atoms in total. The highest BCUT2D eigenvalue weighted by molar-refractivity contribution is 8.00. The highest BCUT2D eigenvalue weighted by Gasteiger charge is 2.42. The predicted molar refractivity (Wildman–Crippen MR) is 117 cm³/mol. The minimum atomic E-state index is -0.712. The number of amides is 1. The number of carbonyl (C=O) groups is 1. The first-order valence-electron chi connectivity index (χ1n) is 9.54. The van der Waals surface area contributed by atoms with Crippen LogP contribution in [0.1, 0.15) is 39.7 Å². The van der Waals surface area contributed by atoms with E-state index < -0.39 is 10.5 Å². The number of ether oxygens (including phenoxy) is 2. The smallest absolute Gasteiger partial charge is 0.245 e. The lowest BCUT2D eigenvalue weighted by molar-refractivity contribution is -0.162. The highest BCUT2D eigenvalue weighted by Crippen LogP contribution is 2.39. The number of para-hydroxylation sites is 1. The van der Waals surface area contributed by atoms with Gasteiger partial charge in [0.1, 0.15) is 22.0 Å². The molecule has 0 radical (unpaired) electrons. The molecule has 2 aromatic rings. The van der Waals surface area contributed by atoms with Crippen LogP contribution in [0.15, 0.2) is 54.6 Å². The molecule has 152 valence electrons. The fourth-order valence-electron chi connectivity index (χ4n) is 3.00. The minimum absolute atomic E-state index is 0.0467. The number of rotatable bonds is 9. The molecule has 2 rings (SSSR count). The van der Waals surface area contributed by atoms with Crippen LogP contribution in [0.2, 0.25) is 0 Å². The maximum atomic E-state index is 13.6. The summed E-state index contributed by atoms with van der Waals surface area (Å²) in [6, 6.07) is 17.4. The van der Waals surface area contributed by atoms with Gasteiger partial charge in [-0.05, 0) is 63.3 Å². The standard InChI is InChI=1S/C23H31NO3S/c1-7-17-24(22(2,3)26-5)21(25)23(4,28-6)18-13-15-20(16-14-18)27-19-11-9-8-10-12-19/h8-16H,7,17H2,1-6H3/t23-/m1/s1. The molecule has 1 amide bonds. The molecule has 0 bridgehead atoms. The molecule has 0 heterocycles. The Morgan fingerprint density at radius 2 is 1.57 bits per heavy atom. The lowest BCUT2D eigenvalue weighted by Gasteiger charge is -2.42. The maximum absolute atomic E-state index is 13.6. The Balaban J connectivity index is 2.29. The summed E-state index contributed by atoms with van der Waals surface area (Å²) in [5.41, 5.74) is 0.277. The summed E-state index contributed by atoms with van der Waals surface area (Å²) in [5, 5.41) is 0. The van der Waals surface area contributed by atoms with E-state index in [1.165, 1.54) is 11.8 Å². The zero-order valence-corrected chi connectivity index (χ0v) is 18.5. The van der Waals surface area contributed by atoms with Gasteiger partial charge < -0.3 is 14.4 Å². The lowest BCUT2D eigenvalue weighted by Crippen LogP contribution is -2.54. The van der Waals surface area contributed by atoms with Gasteiger partial charge in [-0.2, -0.15) is 0 Å². The van der Waals surface area contributed by atoms with Gasteiger partial charge in [-0.1, -0.05) is 37.3 Å². The van der Waals surface area contributed by atoms with Gasteiger partial charge in [-0.3, -0.25) is 4.79 Å².